The zero-order chi connectivity index (χ0) is 16.1. The van der Waals surface area contributed by atoms with E-state index in [2.05, 4.69) is 0 Å². The third-order valence-electron chi connectivity index (χ3n) is 4.55. The van der Waals surface area contributed by atoms with Crippen molar-refractivity contribution < 1.29 is 19.0 Å². The molecule has 1 aliphatic carbocycles. The lowest BCUT2D eigenvalue weighted by Crippen LogP contribution is -2.41. The molecule has 0 amide bonds. The van der Waals surface area contributed by atoms with Gasteiger partial charge in [-0.3, -0.25) is 10.1 Å². The summed E-state index contributed by atoms with van der Waals surface area (Å²) in [5.74, 6) is 0.482. The quantitative estimate of drug-likeness (QED) is 0.485. The highest BCUT2D eigenvalue weighted by molar-refractivity contribution is 6.64. The van der Waals surface area contributed by atoms with Gasteiger partial charge in [0.2, 0.25) is 0 Å². The number of benzene rings is 1. The molecule has 3 rings (SSSR count). The average Bonchev–Trinajstić information content (AvgIpc) is 3.17. The van der Waals surface area contributed by atoms with Gasteiger partial charge < -0.3 is 14.0 Å². The van der Waals surface area contributed by atoms with E-state index in [9.17, 15) is 10.1 Å². The van der Waals surface area contributed by atoms with Gasteiger partial charge >= 0.3 is 7.12 Å². The fraction of sp³-hybridized carbons (Fsp3) is 0.600. The van der Waals surface area contributed by atoms with E-state index in [1.54, 1.807) is 12.1 Å². The molecule has 2 fully saturated rings. The van der Waals surface area contributed by atoms with E-state index in [4.69, 9.17) is 14.0 Å². The first-order valence-corrected chi connectivity index (χ1v) is 7.51. The average molecular weight is 305 g/mol. The summed E-state index contributed by atoms with van der Waals surface area (Å²) < 4.78 is 17.8. The van der Waals surface area contributed by atoms with E-state index in [0.717, 1.165) is 12.8 Å². The number of hydrogen-bond donors (Lipinski definition) is 0. The van der Waals surface area contributed by atoms with Crippen molar-refractivity contribution in [2.75, 3.05) is 0 Å². The van der Waals surface area contributed by atoms with Crippen molar-refractivity contribution >= 4 is 18.3 Å². The molecule has 0 unspecified atom stereocenters. The lowest BCUT2D eigenvalue weighted by atomic mass is 9.77. The first kappa shape index (κ1) is 15.3. The highest BCUT2D eigenvalue weighted by atomic mass is 16.7. The molecule has 1 aromatic rings. The Morgan fingerprint density at radius 3 is 2.32 bits per heavy atom. The predicted molar refractivity (Wildman–Crippen MR) is 82.5 cm³/mol. The van der Waals surface area contributed by atoms with Crippen molar-refractivity contribution in [3.63, 3.8) is 0 Å². The van der Waals surface area contributed by atoms with Gasteiger partial charge in [0.25, 0.3) is 5.69 Å². The normalized spacial score (nSPS) is 22.6. The molecule has 0 N–H and O–H groups in total. The van der Waals surface area contributed by atoms with Crippen molar-refractivity contribution in [3.8, 4) is 5.75 Å². The highest BCUT2D eigenvalue weighted by Gasteiger charge is 2.54. The second kappa shape index (κ2) is 4.96. The molecule has 2 aliphatic rings. The number of nitrogens with zero attached hydrogens (tertiary/aromatic N) is 1. The van der Waals surface area contributed by atoms with E-state index in [1.165, 1.54) is 6.07 Å². The maximum absolute atomic E-state index is 11.4. The van der Waals surface area contributed by atoms with Crippen LogP contribution in [0.5, 0.6) is 5.75 Å². The second-order valence-corrected chi connectivity index (χ2v) is 6.85. The molecule has 118 valence electrons. The maximum atomic E-state index is 11.4. The van der Waals surface area contributed by atoms with Crippen LogP contribution in [-0.4, -0.2) is 29.3 Å². The predicted octanol–water partition coefficient (Wildman–Crippen LogP) is 2.44. The van der Waals surface area contributed by atoms with Crippen LogP contribution in [-0.2, 0) is 9.31 Å². The summed E-state index contributed by atoms with van der Waals surface area (Å²) in [5, 5.41) is 11.4. The van der Waals surface area contributed by atoms with Gasteiger partial charge in [-0.2, -0.15) is 0 Å². The molecular formula is C15H20BNO5. The summed E-state index contributed by atoms with van der Waals surface area (Å²) in [5.41, 5.74) is -0.772. The molecule has 1 aliphatic heterocycles. The van der Waals surface area contributed by atoms with Crippen LogP contribution in [0.15, 0.2) is 18.2 Å². The van der Waals surface area contributed by atoms with Crippen LogP contribution in [0.2, 0.25) is 0 Å². The minimum Gasteiger partial charge on any atom is -0.491 e. The van der Waals surface area contributed by atoms with Crippen LogP contribution in [0.1, 0.15) is 40.5 Å². The Morgan fingerprint density at radius 2 is 1.82 bits per heavy atom. The molecule has 1 aromatic carbocycles. The molecular weight excluding hydrogens is 285 g/mol. The van der Waals surface area contributed by atoms with Crippen molar-refractivity contribution in [2.24, 2.45) is 0 Å². The fourth-order valence-corrected chi connectivity index (χ4v) is 2.36. The van der Waals surface area contributed by atoms with Crippen LogP contribution >= 0.6 is 0 Å². The number of rotatable bonds is 4. The monoisotopic (exact) mass is 305 g/mol. The Kier molecular flexibility index (Phi) is 3.45. The first-order valence-electron chi connectivity index (χ1n) is 7.51. The summed E-state index contributed by atoms with van der Waals surface area (Å²) in [4.78, 5) is 11.0. The van der Waals surface area contributed by atoms with Gasteiger partial charge in [0.1, 0.15) is 11.2 Å². The summed E-state index contributed by atoms with van der Waals surface area (Å²) in [7, 11) is -0.805. The molecule has 7 heteroatoms. The van der Waals surface area contributed by atoms with Crippen LogP contribution < -0.4 is 10.2 Å². The summed E-state index contributed by atoms with van der Waals surface area (Å²) in [6.45, 7) is 7.68. The Balaban J connectivity index is 2.02. The Labute approximate surface area is 130 Å². The molecule has 0 spiro atoms. The molecule has 22 heavy (non-hydrogen) atoms. The standard InChI is InChI=1S/C15H20BNO5/c1-14(2)15(3,4)22-16(21-14)13-11(17(18)19)6-5-7-12(13)20-10-8-9-10/h5-7,10H,8-9H2,1-4H3. The number of nitro groups is 1. The van der Waals surface area contributed by atoms with Crippen LogP contribution in [0.25, 0.3) is 0 Å². The van der Waals surface area contributed by atoms with Crippen molar-refractivity contribution in [1.82, 2.24) is 0 Å². The minimum atomic E-state index is -0.805. The minimum absolute atomic E-state index is 0.0309. The van der Waals surface area contributed by atoms with Crippen molar-refractivity contribution in [1.29, 1.82) is 0 Å². The topological polar surface area (TPSA) is 70.8 Å². The molecule has 0 aromatic heterocycles. The van der Waals surface area contributed by atoms with Crippen molar-refractivity contribution in [3.05, 3.63) is 28.3 Å². The lowest BCUT2D eigenvalue weighted by molar-refractivity contribution is -0.383. The molecule has 0 atom stereocenters. The van der Waals surface area contributed by atoms with Gasteiger partial charge in [-0.15, -0.1) is 0 Å². The van der Waals surface area contributed by atoms with E-state index in [-0.39, 0.29) is 11.8 Å². The van der Waals surface area contributed by atoms with Gasteiger partial charge in [-0.1, -0.05) is 6.07 Å². The third kappa shape index (κ3) is 2.59. The molecule has 6 nitrogen and oxygen atoms in total. The van der Waals surface area contributed by atoms with Gasteiger partial charge in [0, 0.05) is 6.07 Å². The van der Waals surface area contributed by atoms with E-state index < -0.39 is 23.2 Å². The van der Waals surface area contributed by atoms with Crippen LogP contribution in [0.3, 0.4) is 0 Å². The van der Waals surface area contributed by atoms with Gasteiger partial charge in [-0.25, -0.2) is 0 Å². The van der Waals surface area contributed by atoms with E-state index in [0.29, 0.717) is 11.2 Å². The smallest absolute Gasteiger partial charge is 0.491 e. The molecule has 1 heterocycles. The number of hydrogen-bond acceptors (Lipinski definition) is 5. The largest absolute Gasteiger partial charge is 0.505 e. The van der Waals surface area contributed by atoms with Crippen LogP contribution in [0, 0.1) is 10.1 Å². The third-order valence-corrected chi connectivity index (χ3v) is 4.55. The van der Waals surface area contributed by atoms with E-state index >= 15 is 0 Å². The first-order chi connectivity index (χ1) is 10.2. The molecule has 0 radical (unpaired) electrons. The second-order valence-electron chi connectivity index (χ2n) is 6.85. The van der Waals surface area contributed by atoms with Crippen molar-refractivity contribution in [2.45, 2.75) is 57.8 Å². The van der Waals surface area contributed by atoms with Gasteiger partial charge in [0.15, 0.2) is 0 Å². The van der Waals surface area contributed by atoms with Gasteiger partial charge in [-0.05, 0) is 46.6 Å². The SMILES string of the molecule is CC1(C)OB(c2c(OC3CC3)cccc2[N+](=O)[O-])OC1(C)C. The summed E-state index contributed by atoms with van der Waals surface area (Å²) in [6.07, 6.45) is 2.10. The number of ether oxygens (including phenoxy) is 1. The maximum Gasteiger partial charge on any atom is 0.505 e. The summed E-state index contributed by atoms with van der Waals surface area (Å²) >= 11 is 0. The fourth-order valence-electron chi connectivity index (χ4n) is 2.36. The Hall–Kier alpha value is -1.60. The van der Waals surface area contributed by atoms with E-state index in [1.807, 2.05) is 27.7 Å². The highest BCUT2D eigenvalue weighted by Crippen LogP contribution is 2.38. The zero-order valence-corrected chi connectivity index (χ0v) is 13.3. The molecule has 1 saturated carbocycles. The molecule has 1 saturated heterocycles. The molecule has 0 bridgehead atoms. The lowest BCUT2D eigenvalue weighted by Gasteiger charge is -2.32. The Morgan fingerprint density at radius 1 is 1.23 bits per heavy atom. The van der Waals surface area contributed by atoms with Crippen LogP contribution in [0.4, 0.5) is 5.69 Å². The Bertz CT molecular complexity index is 596. The van der Waals surface area contributed by atoms with Gasteiger partial charge in [0.05, 0.1) is 22.2 Å². The zero-order valence-electron chi connectivity index (χ0n) is 13.3. The summed E-state index contributed by atoms with van der Waals surface area (Å²) in [6, 6.07) is 4.83. The number of nitro benzene ring substituents is 1.